The van der Waals surface area contributed by atoms with E-state index in [9.17, 15) is 0 Å². The van der Waals surface area contributed by atoms with Gasteiger partial charge in [-0.2, -0.15) is 0 Å². The topological polar surface area (TPSA) is 33.7 Å². The van der Waals surface area contributed by atoms with Gasteiger partial charge in [0.1, 0.15) is 6.61 Å². The van der Waals surface area contributed by atoms with E-state index in [0.29, 0.717) is 40.8 Å². The summed E-state index contributed by atoms with van der Waals surface area (Å²) < 4.78 is 11.8. The first-order valence-electron chi connectivity index (χ1n) is 10.4. The minimum atomic E-state index is 0. The summed E-state index contributed by atoms with van der Waals surface area (Å²) in [6.07, 6.45) is 2.61. The molecule has 3 fully saturated rings. The Morgan fingerprint density at radius 1 is 1.03 bits per heavy atom. The van der Waals surface area contributed by atoms with E-state index < -0.39 is 0 Å². The van der Waals surface area contributed by atoms with E-state index in [1.807, 2.05) is 43.3 Å². The molecule has 0 saturated carbocycles. The monoisotopic (exact) mass is 506 g/mol. The van der Waals surface area contributed by atoms with Crippen molar-refractivity contribution in [3.05, 3.63) is 57.6 Å². The Morgan fingerprint density at radius 2 is 1.77 bits per heavy atom. The van der Waals surface area contributed by atoms with Crippen molar-refractivity contribution in [1.29, 1.82) is 0 Å². The van der Waals surface area contributed by atoms with E-state index in [0.717, 1.165) is 30.1 Å². The van der Waals surface area contributed by atoms with E-state index in [1.54, 1.807) is 0 Å². The predicted molar refractivity (Wildman–Crippen MR) is 133 cm³/mol. The highest BCUT2D eigenvalue weighted by atomic mass is 35.5. The molecule has 0 amide bonds. The van der Waals surface area contributed by atoms with E-state index in [1.165, 1.54) is 25.9 Å². The molecule has 2 bridgehead atoms. The number of nitrogens with zero attached hydrogens (tertiary/aromatic N) is 1. The van der Waals surface area contributed by atoms with Crippen molar-refractivity contribution in [1.82, 2.24) is 10.2 Å². The first-order chi connectivity index (χ1) is 14.1. The van der Waals surface area contributed by atoms with E-state index in [2.05, 4.69) is 10.2 Å². The van der Waals surface area contributed by atoms with Crippen LogP contribution in [0.1, 0.15) is 30.9 Å². The normalized spacial score (nSPS) is 21.7. The Balaban J connectivity index is 0.00000171. The summed E-state index contributed by atoms with van der Waals surface area (Å²) in [7, 11) is 0. The minimum Gasteiger partial charge on any atom is -0.490 e. The molecule has 1 N–H and O–H groups in total. The lowest BCUT2D eigenvalue weighted by atomic mass is 9.84. The number of halogens is 4. The number of benzene rings is 2. The summed E-state index contributed by atoms with van der Waals surface area (Å²) in [6.45, 7) is 7.28. The molecule has 0 aromatic heterocycles. The number of nitrogens with one attached hydrogen (secondary N) is 1. The zero-order valence-electron chi connectivity index (χ0n) is 17.6. The Hall–Kier alpha value is -0.880. The number of rotatable bonds is 8. The van der Waals surface area contributed by atoms with Gasteiger partial charge in [0.2, 0.25) is 0 Å². The van der Waals surface area contributed by atoms with Crippen LogP contribution >= 0.6 is 48.0 Å². The largest absolute Gasteiger partial charge is 0.490 e. The van der Waals surface area contributed by atoms with Gasteiger partial charge in [0.15, 0.2) is 11.5 Å². The summed E-state index contributed by atoms with van der Waals surface area (Å²) in [5, 5.41) is 4.98. The standard InChI is InChI=1S/C23H28Cl2N2O2.2ClH/c1-2-28-22-12-16(13-26-21-14-27-9-7-17(21)8-10-27)11-20(25)23(22)29-15-18-5-3-4-6-19(18)24;;/h3-6,11-12,17,21,26H,2,7-10,13-15H2,1H3;2*1H. The SMILES string of the molecule is CCOc1cc(CNC2CN3CCC2CC3)cc(Cl)c1OCc1ccccc1Cl.Cl.Cl. The van der Waals surface area contributed by atoms with E-state index in [4.69, 9.17) is 32.7 Å². The molecule has 3 aliphatic heterocycles. The molecule has 1 atom stereocenters. The molecule has 2 aromatic carbocycles. The van der Waals surface area contributed by atoms with Crippen LogP contribution in [-0.4, -0.2) is 37.2 Å². The molecule has 3 saturated heterocycles. The van der Waals surface area contributed by atoms with Gasteiger partial charge in [-0.05, 0) is 62.5 Å². The van der Waals surface area contributed by atoms with E-state index in [-0.39, 0.29) is 24.8 Å². The highest BCUT2D eigenvalue weighted by Crippen LogP contribution is 2.38. The lowest BCUT2D eigenvalue weighted by Gasteiger charge is -2.45. The average molecular weight is 508 g/mol. The molecule has 4 nitrogen and oxygen atoms in total. The minimum absolute atomic E-state index is 0. The van der Waals surface area contributed by atoms with Crippen LogP contribution in [0.5, 0.6) is 11.5 Å². The van der Waals surface area contributed by atoms with Crippen molar-refractivity contribution in [3.8, 4) is 11.5 Å². The summed E-state index contributed by atoms with van der Waals surface area (Å²) in [4.78, 5) is 2.56. The predicted octanol–water partition coefficient (Wildman–Crippen LogP) is 6.00. The Morgan fingerprint density at radius 3 is 2.42 bits per heavy atom. The molecule has 3 heterocycles. The summed E-state index contributed by atoms with van der Waals surface area (Å²) in [6, 6.07) is 12.2. The van der Waals surface area contributed by atoms with Gasteiger partial charge in [0, 0.05) is 29.7 Å². The molecule has 0 spiro atoms. The molecule has 1 unspecified atom stereocenters. The van der Waals surface area contributed by atoms with Crippen LogP contribution in [0.15, 0.2) is 36.4 Å². The molecule has 172 valence electrons. The van der Waals surface area contributed by atoms with Gasteiger partial charge in [-0.15, -0.1) is 24.8 Å². The van der Waals surface area contributed by atoms with Crippen LogP contribution in [0.2, 0.25) is 10.0 Å². The fourth-order valence-electron chi connectivity index (χ4n) is 4.34. The number of hydrogen-bond acceptors (Lipinski definition) is 4. The zero-order chi connectivity index (χ0) is 20.2. The van der Waals surface area contributed by atoms with Gasteiger partial charge < -0.3 is 19.7 Å². The van der Waals surface area contributed by atoms with Crippen LogP contribution in [0.25, 0.3) is 0 Å². The van der Waals surface area contributed by atoms with Gasteiger partial charge in [-0.1, -0.05) is 41.4 Å². The number of ether oxygens (including phenoxy) is 2. The second-order valence-electron chi connectivity index (χ2n) is 7.84. The maximum Gasteiger partial charge on any atom is 0.180 e. The highest BCUT2D eigenvalue weighted by Gasteiger charge is 2.33. The van der Waals surface area contributed by atoms with Crippen molar-refractivity contribution < 1.29 is 9.47 Å². The first kappa shape index (κ1) is 26.4. The molecule has 2 aromatic rings. The number of hydrogen-bond donors (Lipinski definition) is 1. The second kappa shape index (κ2) is 12.4. The molecule has 8 heteroatoms. The summed E-state index contributed by atoms with van der Waals surface area (Å²) in [5.74, 6) is 2.04. The molecule has 0 aliphatic carbocycles. The average Bonchev–Trinajstić information content (AvgIpc) is 2.74. The van der Waals surface area contributed by atoms with Crippen molar-refractivity contribution in [2.75, 3.05) is 26.2 Å². The van der Waals surface area contributed by atoms with Gasteiger partial charge in [-0.25, -0.2) is 0 Å². The van der Waals surface area contributed by atoms with E-state index >= 15 is 0 Å². The maximum atomic E-state index is 6.59. The van der Waals surface area contributed by atoms with Crippen molar-refractivity contribution in [2.45, 2.75) is 39.0 Å². The van der Waals surface area contributed by atoms with Gasteiger partial charge in [-0.3, -0.25) is 0 Å². The molecule has 31 heavy (non-hydrogen) atoms. The third-order valence-corrected chi connectivity index (χ3v) is 6.57. The van der Waals surface area contributed by atoms with Gasteiger partial charge in [0.05, 0.1) is 11.6 Å². The third kappa shape index (κ3) is 6.56. The molecule has 0 radical (unpaired) electrons. The lowest BCUT2D eigenvalue weighted by Crippen LogP contribution is -2.55. The molecular formula is C23H30Cl4N2O2. The van der Waals surface area contributed by atoms with Crippen LogP contribution in [0.4, 0.5) is 0 Å². The highest BCUT2D eigenvalue weighted by molar-refractivity contribution is 6.32. The van der Waals surface area contributed by atoms with Crippen LogP contribution in [-0.2, 0) is 13.2 Å². The second-order valence-corrected chi connectivity index (χ2v) is 8.66. The lowest BCUT2D eigenvalue weighted by molar-refractivity contribution is 0.0720. The van der Waals surface area contributed by atoms with Crippen molar-refractivity contribution in [3.63, 3.8) is 0 Å². The summed E-state index contributed by atoms with van der Waals surface area (Å²) >= 11 is 12.8. The van der Waals surface area contributed by atoms with Gasteiger partial charge >= 0.3 is 0 Å². The van der Waals surface area contributed by atoms with Crippen LogP contribution < -0.4 is 14.8 Å². The molecule has 5 rings (SSSR count). The van der Waals surface area contributed by atoms with Crippen molar-refractivity contribution in [2.24, 2.45) is 5.92 Å². The Labute approximate surface area is 207 Å². The third-order valence-electron chi connectivity index (χ3n) is 5.92. The van der Waals surface area contributed by atoms with Gasteiger partial charge in [0.25, 0.3) is 0 Å². The number of fused-ring (bicyclic) bond motifs is 3. The van der Waals surface area contributed by atoms with Crippen LogP contribution in [0.3, 0.4) is 0 Å². The Kier molecular flexibility index (Phi) is 10.5. The molecular weight excluding hydrogens is 478 g/mol. The fraction of sp³-hybridized carbons (Fsp3) is 0.478. The first-order valence-corrected chi connectivity index (χ1v) is 11.2. The smallest absolute Gasteiger partial charge is 0.180 e. The van der Waals surface area contributed by atoms with Crippen molar-refractivity contribution >= 4 is 48.0 Å². The fourth-order valence-corrected chi connectivity index (χ4v) is 4.82. The summed E-state index contributed by atoms with van der Waals surface area (Å²) in [5.41, 5.74) is 2.03. The molecule has 3 aliphatic rings. The zero-order valence-corrected chi connectivity index (χ0v) is 20.8. The number of piperidine rings is 3. The maximum absolute atomic E-state index is 6.59. The van der Waals surface area contributed by atoms with Crippen LogP contribution in [0, 0.1) is 5.92 Å². The Bertz CT molecular complexity index is 844. The quantitative estimate of drug-likeness (QED) is 0.475.